The summed E-state index contributed by atoms with van der Waals surface area (Å²) in [6.07, 6.45) is 2.32. The summed E-state index contributed by atoms with van der Waals surface area (Å²) in [6.45, 7) is 1.74. The fourth-order valence-electron chi connectivity index (χ4n) is 3.00. The van der Waals surface area contributed by atoms with Gasteiger partial charge in [0, 0.05) is 17.9 Å². The lowest BCUT2D eigenvalue weighted by Gasteiger charge is -2.30. The van der Waals surface area contributed by atoms with Gasteiger partial charge in [-0.05, 0) is 42.7 Å². The minimum atomic E-state index is 0.700. The van der Waals surface area contributed by atoms with Gasteiger partial charge < -0.3 is 15.1 Å². The van der Waals surface area contributed by atoms with E-state index in [1.807, 2.05) is 18.2 Å². The molecule has 4 nitrogen and oxygen atoms in total. The lowest BCUT2D eigenvalue weighted by molar-refractivity contribution is 0.513. The maximum absolute atomic E-state index is 5.83. The summed E-state index contributed by atoms with van der Waals surface area (Å²) in [4.78, 5) is 6.89. The van der Waals surface area contributed by atoms with Gasteiger partial charge in [-0.15, -0.1) is 0 Å². The van der Waals surface area contributed by atoms with Crippen molar-refractivity contribution in [3.8, 4) is 0 Å². The van der Waals surface area contributed by atoms with E-state index in [9.17, 15) is 0 Å². The first-order valence-corrected chi connectivity index (χ1v) is 7.27. The van der Waals surface area contributed by atoms with Crippen molar-refractivity contribution in [2.75, 3.05) is 17.2 Å². The van der Waals surface area contributed by atoms with E-state index in [0.29, 0.717) is 12.2 Å². The van der Waals surface area contributed by atoms with Gasteiger partial charge in [-0.25, -0.2) is 4.98 Å². The zero-order valence-corrected chi connectivity index (χ0v) is 11.7. The van der Waals surface area contributed by atoms with Crippen molar-refractivity contribution in [1.29, 1.82) is 0 Å². The number of hydrogen-bond donors (Lipinski definition) is 1. The van der Waals surface area contributed by atoms with E-state index in [2.05, 4.69) is 34.1 Å². The molecule has 0 bridgehead atoms. The molecule has 0 unspecified atom stereocenters. The first kappa shape index (κ1) is 12.3. The molecule has 0 atom stereocenters. The summed E-state index contributed by atoms with van der Waals surface area (Å²) in [7, 11) is 0. The Morgan fingerprint density at radius 3 is 3.05 bits per heavy atom. The van der Waals surface area contributed by atoms with E-state index in [-0.39, 0.29) is 0 Å². The van der Waals surface area contributed by atoms with Crippen molar-refractivity contribution in [1.82, 2.24) is 4.98 Å². The van der Waals surface area contributed by atoms with E-state index in [0.717, 1.165) is 30.0 Å². The fourth-order valence-corrected chi connectivity index (χ4v) is 3.00. The van der Waals surface area contributed by atoms with Crippen LogP contribution in [0.5, 0.6) is 0 Å². The highest BCUT2D eigenvalue weighted by molar-refractivity contribution is 5.76. The summed E-state index contributed by atoms with van der Waals surface area (Å²) in [5.74, 6) is 0.743. The number of rotatable bonds is 2. The van der Waals surface area contributed by atoms with Crippen LogP contribution in [0.15, 0.2) is 46.9 Å². The molecule has 106 valence electrons. The Labute approximate surface area is 123 Å². The Kier molecular flexibility index (Phi) is 2.81. The average molecular weight is 279 g/mol. The monoisotopic (exact) mass is 279 g/mol. The number of nitrogens with two attached hydrogens (primary N) is 1. The molecule has 0 radical (unpaired) electrons. The predicted molar refractivity (Wildman–Crippen MR) is 84.2 cm³/mol. The number of para-hydroxylation sites is 1. The van der Waals surface area contributed by atoms with Crippen molar-refractivity contribution >= 4 is 22.5 Å². The van der Waals surface area contributed by atoms with Crippen LogP contribution in [0.25, 0.3) is 11.1 Å². The molecule has 1 aromatic heterocycles. The van der Waals surface area contributed by atoms with Gasteiger partial charge in [0.05, 0.1) is 6.54 Å². The lowest BCUT2D eigenvalue weighted by atomic mass is 10.0. The van der Waals surface area contributed by atoms with Crippen LogP contribution in [0.3, 0.4) is 0 Å². The van der Waals surface area contributed by atoms with Gasteiger partial charge in [-0.2, -0.15) is 0 Å². The minimum absolute atomic E-state index is 0.700. The molecule has 4 rings (SSSR count). The average Bonchev–Trinajstić information content (AvgIpc) is 2.89. The fraction of sp³-hybridized carbons (Fsp3) is 0.235. The topological polar surface area (TPSA) is 55.3 Å². The molecule has 2 heterocycles. The number of aryl methyl sites for hydroxylation is 1. The molecule has 0 amide bonds. The third-order valence-electron chi connectivity index (χ3n) is 3.99. The number of nitrogen functional groups attached to an aromatic ring is 1. The Morgan fingerprint density at radius 1 is 1.19 bits per heavy atom. The summed E-state index contributed by atoms with van der Waals surface area (Å²) >= 11 is 0. The molecule has 0 saturated heterocycles. The van der Waals surface area contributed by atoms with Crippen LogP contribution in [0.4, 0.5) is 11.4 Å². The number of benzene rings is 2. The Balaban J connectivity index is 1.66. The van der Waals surface area contributed by atoms with Crippen LogP contribution in [0.2, 0.25) is 0 Å². The van der Waals surface area contributed by atoms with Crippen LogP contribution in [-0.4, -0.2) is 11.5 Å². The molecular formula is C17H17N3O. The summed E-state index contributed by atoms with van der Waals surface area (Å²) in [5.41, 5.74) is 10.8. The number of anilines is 2. The molecule has 1 aliphatic heterocycles. The predicted octanol–water partition coefficient (Wildman–Crippen LogP) is 3.36. The second kappa shape index (κ2) is 4.81. The minimum Gasteiger partial charge on any atom is -0.439 e. The second-order valence-electron chi connectivity index (χ2n) is 5.49. The Bertz CT molecular complexity index is 794. The quantitative estimate of drug-likeness (QED) is 0.731. The van der Waals surface area contributed by atoms with Gasteiger partial charge in [0.25, 0.3) is 0 Å². The number of nitrogens with zero attached hydrogens (tertiary/aromatic N) is 2. The van der Waals surface area contributed by atoms with Crippen LogP contribution >= 0.6 is 0 Å². The van der Waals surface area contributed by atoms with E-state index in [4.69, 9.17) is 10.2 Å². The smallest absolute Gasteiger partial charge is 0.215 e. The van der Waals surface area contributed by atoms with Crippen molar-refractivity contribution in [3.05, 3.63) is 53.9 Å². The first-order chi connectivity index (χ1) is 10.3. The van der Waals surface area contributed by atoms with Crippen LogP contribution in [-0.2, 0) is 13.0 Å². The molecule has 3 aromatic rings. The molecular weight excluding hydrogens is 262 g/mol. The standard InChI is InChI=1S/C17H17N3O/c18-13-7-8-16-14(10-13)19-17(21-16)11-20-9-3-5-12-4-1-2-6-15(12)20/h1-2,4,6-8,10H,3,5,9,11,18H2. The third-order valence-corrected chi connectivity index (χ3v) is 3.99. The van der Waals surface area contributed by atoms with Crippen molar-refractivity contribution < 1.29 is 4.42 Å². The highest BCUT2D eigenvalue weighted by atomic mass is 16.3. The molecule has 0 aliphatic carbocycles. The number of aromatic nitrogens is 1. The Morgan fingerprint density at radius 2 is 2.10 bits per heavy atom. The molecule has 2 N–H and O–H groups in total. The van der Waals surface area contributed by atoms with Gasteiger partial charge in [0.1, 0.15) is 5.52 Å². The molecule has 0 fully saturated rings. The molecule has 4 heteroatoms. The molecule has 0 saturated carbocycles. The summed E-state index contributed by atoms with van der Waals surface area (Å²) in [5, 5.41) is 0. The lowest BCUT2D eigenvalue weighted by Crippen LogP contribution is -2.28. The summed E-state index contributed by atoms with van der Waals surface area (Å²) in [6, 6.07) is 14.1. The first-order valence-electron chi connectivity index (χ1n) is 7.27. The number of oxazole rings is 1. The van der Waals surface area contributed by atoms with Crippen molar-refractivity contribution in [2.45, 2.75) is 19.4 Å². The molecule has 0 spiro atoms. The van der Waals surface area contributed by atoms with Gasteiger partial charge in [-0.3, -0.25) is 0 Å². The maximum Gasteiger partial charge on any atom is 0.215 e. The van der Waals surface area contributed by atoms with E-state index >= 15 is 0 Å². The zero-order valence-electron chi connectivity index (χ0n) is 11.7. The SMILES string of the molecule is Nc1ccc2oc(CN3CCCc4ccccc43)nc2c1. The van der Waals surface area contributed by atoms with Gasteiger partial charge in [-0.1, -0.05) is 18.2 Å². The van der Waals surface area contributed by atoms with Crippen LogP contribution < -0.4 is 10.6 Å². The zero-order chi connectivity index (χ0) is 14.2. The molecule has 2 aromatic carbocycles. The number of hydrogen-bond acceptors (Lipinski definition) is 4. The Hall–Kier alpha value is -2.49. The number of fused-ring (bicyclic) bond motifs is 2. The largest absolute Gasteiger partial charge is 0.439 e. The van der Waals surface area contributed by atoms with Crippen molar-refractivity contribution in [2.24, 2.45) is 0 Å². The van der Waals surface area contributed by atoms with Gasteiger partial charge in [0.2, 0.25) is 5.89 Å². The highest BCUT2D eigenvalue weighted by Crippen LogP contribution is 2.28. The normalized spacial score (nSPS) is 14.4. The van der Waals surface area contributed by atoms with Crippen LogP contribution in [0, 0.1) is 0 Å². The van der Waals surface area contributed by atoms with Gasteiger partial charge >= 0.3 is 0 Å². The molecule has 1 aliphatic rings. The van der Waals surface area contributed by atoms with Crippen molar-refractivity contribution in [3.63, 3.8) is 0 Å². The third kappa shape index (κ3) is 2.23. The van der Waals surface area contributed by atoms with E-state index in [1.165, 1.54) is 17.7 Å². The van der Waals surface area contributed by atoms with E-state index < -0.39 is 0 Å². The summed E-state index contributed by atoms with van der Waals surface area (Å²) < 4.78 is 5.83. The maximum atomic E-state index is 5.83. The van der Waals surface area contributed by atoms with Crippen LogP contribution in [0.1, 0.15) is 17.9 Å². The van der Waals surface area contributed by atoms with E-state index in [1.54, 1.807) is 0 Å². The highest BCUT2D eigenvalue weighted by Gasteiger charge is 2.18. The molecule has 21 heavy (non-hydrogen) atoms. The van der Waals surface area contributed by atoms with Gasteiger partial charge in [0.15, 0.2) is 5.58 Å². The second-order valence-corrected chi connectivity index (χ2v) is 5.49.